The Kier molecular flexibility index (Phi) is 8.69. The van der Waals surface area contributed by atoms with E-state index in [2.05, 4.69) is 4.90 Å². The Morgan fingerprint density at radius 1 is 1.24 bits per heavy atom. The fourth-order valence-corrected chi connectivity index (χ4v) is 4.95. The second kappa shape index (κ2) is 11.9. The molecule has 1 fully saturated rings. The van der Waals surface area contributed by atoms with Crippen molar-refractivity contribution in [1.82, 2.24) is 14.8 Å². The number of hydrogen-bond acceptors (Lipinski definition) is 7. The van der Waals surface area contributed by atoms with E-state index in [1.165, 1.54) is 12.1 Å². The Hall–Kier alpha value is -2.30. The molecule has 2 aliphatic rings. The van der Waals surface area contributed by atoms with Gasteiger partial charge < -0.3 is 14.4 Å². The van der Waals surface area contributed by atoms with E-state index in [0.717, 1.165) is 29.2 Å². The van der Waals surface area contributed by atoms with Crippen molar-refractivity contribution in [3.63, 3.8) is 0 Å². The van der Waals surface area contributed by atoms with Crippen LogP contribution in [0.25, 0.3) is 0 Å². The zero-order chi connectivity index (χ0) is 23.9. The van der Waals surface area contributed by atoms with Crippen molar-refractivity contribution in [2.24, 2.45) is 5.10 Å². The average Bonchev–Trinajstić information content (AvgIpc) is 3.53. The van der Waals surface area contributed by atoms with Gasteiger partial charge in [0.2, 0.25) is 5.91 Å². The second-order valence-electron chi connectivity index (χ2n) is 8.24. The van der Waals surface area contributed by atoms with Crippen LogP contribution in [0.5, 0.6) is 0 Å². The van der Waals surface area contributed by atoms with E-state index in [0.29, 0.717) is 37.7 Å². The first-order valence-electron chi connectivity index (χ1n) is 11.3. The van der Waals surface area contributed by atoms with Crippen molar-refractivity contribution >= 4 is 40.5 Å². The Balaban J connectivity index is 1.51. The number of morpholine rings is 1. The highest BCUT2D eigenvalue weighted by Crippen LogP contribution is 2.34. The largest absolute Gasteiger partial charge is 0.379 e. The molecule has 182 valence electrons. The lowest BCUT2D eigenvalue weighted by molar-refractivity contribution is -0.143. The zero-order valence-corrected chi connectivity index (χ0v) is 20.8. The summed E-state index contributed by atoms with van der Waals surface area (Å²) in [7, 11) is 1.48. The number of hydrazone groups is 1. The van der Waals surface area contributed by atoms with Crippen LogP contribution in [0.3, 0.4) is 0 Å². The number of thiophene rings is 1. The molecular weight excluding hydrogens is 476 g/mol. The maximum absolute atomic E-state index is 13.5. The number of methoxy groups -OCH3 is 1. The molecule has 1 saturated heterocycles. The van der Waals surface area contributed by atoms with Crippen molar-refractivity contribution in [1.29, 1.82) is 0 Å². The average molecular weight is 505 g/mol. The third-order valence-corrected chi connectivity index (χ3v) is 7.13. The highest BCUT2D eigenvalue weighted by molar-refractivity contribution is 7.12. The van der Waals surface area contributed by atoms with Crippen LogP contribution < -0.4 is 0 Å². The maximum Gasteiger partial charge on any atom is 0.262 e. The number of amides is 2. The molecule has 1 atom stereocenters. The molecule has 8 nitrogen and oxygen atoms in total. The summed E-state index contributed by atoms with van der Waals surface area (Å²) >= 11 is 7.68. The molecule has 34 heavy (non-hydrogen) atoms. The summed E-state index contributed by atoms with van der Waals surface area (Å²) in [5, 5.41) is 8.86. The minimum absolute atomic E-state index is 0.0577. The van der Waals surface area contributed by atoms with Gasteiger partial charge in [0.25, 0.3) is 5.91 Å². The highest BCUT2D eigenvalue weighted by Gasteiger charge is 2.34. The molecule has 10 heteroatoms. The van der Waals surface area contributed by atoms with Gasteiger partial charge in [0.1, 0.15) is 13.2 Å². The quantitative estimate of drug-likeness (QED) is 0.525. The molecule has 0 bridgehead atoms. The number of benzene rings is 1. The first-order valence-corrected chi connectivity index (χ1v) is 12.6. The summed E-state index contributed by atoms with van der Waals surface area (Å²) in [6, 6.07) is 11.2. The molecular formula is C24H29ClN4O4S. The molecule has 0 aliphatic carbocycles. The van der Waals surface area contributed by atoms with Gasteiger partial charge in [-0.3, -0.25) is 14.5 Å². The Labute approximate surface area is 208 Å². The van der Waals surface area contributed by atoms with Gasteiger partial charge in [-0.1, -0.05) is 29.8 Å². The SMILES string of the molecule is COCC(=O)N(CCN1CCOCC1)CC(=O)N1N=C(c2cccs2)CC1c1ccc(Cl)cc1. The predicted molar refractivity (Wildman–Crippen MR) is 132 cm³/mol. The van der Waals surface area contributed by atoms with Crippen LogP contribution in [0.4, 0.5) is 0 Å². The number of halogens is 1. The van der Waals surface area contributed by atoms with Crippen molar-refractivity contribution in [2.45, 2.75) is 12.5 Å². The molecule has 0 spiro atoms. The fraction of sp³-hybridized carbons (Fsp3) is 0.458. The molecule has 4 rings (SSSR count). The third-order valence-electron chi connectivity index (χ3n) is 5.96. The summed E-state index contributed by atoms with van der Waals surface area (Å²) in [6.07, 6.45) is 0.605. The molecule has 3 heterocycles. The molecule has 0 N–H and O–H groups in total. The Morgan fingerprint density at radius 3 is 2.68 bits per heavy atom. The lowest BCUT2D eigenvalue weighted by Crippen LogP contribution is -2.47. The summed E-state index contributed by atoms with van der Waals surface area (Å²) in [4.78, 5) is 31.1. The van der Waals surface area contributed by atoms with Crippen molar-refractivity contribution in [3.05, 3.63) is 57.2 Å². The van der Waals surface area contributed by atoms with Crippen LogP contribution in [-0.4, -0.2) is 92.0 Å². The van der Waals surface area contributed by atoms with Gasteiger partial charge in [0.15, 0.2) is 0 Å². The van der Waals surface area contributed by atoms with Crippen LogP contribution in [0.1, 0.15) is 22.9 Å². The van der Waals surface area contributed by atoms with Gasteiger partial charge in [0.05, 0.1) is 29.8 Å². The number of ether oxygens (including phenoxy) is 2. The van der Waals surface area contributed by atoms with E-state index < -0.39 is 0 Å². The summed E-state index contributed by atoms with van der Waals surface area (Å²) in [5.41, 5.74) is 1.82. The standard InChI is InChI=1S/C24H29ClN4O4S/c1-32-17-24(31)28(9-8-27-10-12-33-13-11-27)16-23(30)29-21(18-4-6-19(25)7-5-18)15-20(26-29)22-3-2-14-34-22/h2-7,14,21H,8-13,15-17H2,1H3. The van der Waals surface area contributed by atoms with E-state index in [9.17, 15) is 9.59 Å². The molecule has 2 amide bonds. The van der Waals surface area contributed by atoms with E-state index in [1.54, 1.807) is 16.2 Å². The van der Waals surface area contributed by atoms with E-state index >= 15 is 0 Å². The monoisotopic (exact) mass is 504 g/mol. The van der Waals surface area contributed by atoms with Gasteiger partial charge in [-0.25, -0.2) is 5.01 Å². The molecule has 1 aromatic carbocycles. The van der Waals surface area contributed by atoms with Gasteiger partial charge in [-0.15, -0.1) is 11.3 Å². The van der Waals surface area contributed by atoms with Crippen molar-refractivity contribution in [3.8, 4) is 0 Å². The van der Waals surface area contributed by atoms with Crippen molar-refractivity contribution < 1.29 is 19.1 Å². The molecule has 1 aromatic heterocycles. The molecule has 2 aliphatic heterocycles. The van der Waals surface area contributed by atoms with E-state index in [1.807, 2.05) is 41.8 Å². The van der Waals surface area contributed by atoms with Gasteiger partial charge in [-0.05, 0) is 29.1 Å². The minimum atomic E-state index is -0.250. The number of carbonyl (C=O) groups excluding carboxylic acids is 2. The number of carbonyl (C=O) groups is 2. The van der Waals surface area contributed by atoms with Crippen LogP contribution in [0.2, 0.25) is 5.02 Å². The number of hydrogen-bond donors (Lipinski definition) is 0. The normalized spacial score (nSPS) is 18.7. The lowest BCUT2D eigenvalue weighted by Gasteiger charge is -2.31. The fourth-order valence-electron chi connectivity index (χ4n) is 4.11. The zero-order valence-electron chi connectivity index (χ0n) is 19.2. The van der Waals surface area contributed by atoms with Crippen molar-refractivity contribution in [2.75, 3.05) is 59.7 Å². The summed E-state index contributed by atoms with van der Waals surface area (Å²) in [5.74, 6) is -0.438. The molecule has 1 unspecified atom stereocenters. The van der Waals surface area contributed by atoms with Gasteiger partial charge in [0, 0.05) is 44.7 Å². The summed E-state index contributed by atoms with van der Waals surface area (Å²) in [6.45, 7) is 3.99. The van der Waals surface area contributed by atoms with Crippen LogP contribution >= 0.6 is 22.9 Å². The molecule has 0 saturated carbocycles. The summed E-state index contributed by atoms with van der Waals surface area (Å²) < 4.78 is 10.5. The number of rotatable bonds is 9. The van der Waals surface area contributed by atoms with E-state index in [-0.39, 0.29) is 31.0 Å². The Morgan fingerprint density at radius 2 is 2.00 bits per heavy atom. The Bertz CT molecular complexity index is 993. The van der Waals surface area contributed by atoms with Crippen LogP contribution in [0, 0.1) is 0 Å². The minimum Gasteiger partial charge on any atom is -0.379 e. The highest BCUT2D eigenvalue weighted by atomic mass is 35.5. The first kappa shape index (κ1) is 24.8. The molecule has 2 aromatic rings. The lowest BCUT2D eigenvalue weighted by atomic mass is 10.0. The molecule has 0 radical (unpaired) electrons. The number of nitrogens with zero attached hydrogens (tertiary/aromatic N) is 4. The third kappa shape index (κ3) is 6.22. The van der Waals surface area contributed by atoms with Crippen LogP contribution in [-0.2, 0) is 19.1 Å². The van der Waals surface area contributed by atoms with Gasteiger partial charge in [-0.2, -0.15) is 5.10 Å². The first-order chi connectivity index (χ1) is 16.5. The smallest absolute Gasteiger partial charge is 0.262 e. The van der Waals surface area contributed by atoms with Gasteiger partial charge >= 0.3 is 0 Å². The van der Waals surface area contributed by atoms with E-state index in [4.69, 9.17) is 26.2 Å². The predicted octanol–water partition coefficient (Wildman–Crippen LogP) is 2.89. The maximum atomic E-state index is 13.5. The van der Waals surface area contributed by atoms with Crippen LogP contribution in [0.15, 0.2) is 46.9 Å². The topological polar surface area (TPSA) is 74.7 Å². The second-order valence-corrected chi connectivity index (χ2v) is 9.62.